The Morgan fingerprint density at radius 3 is 2.96 bits per heavy atom. The summed E-state index contributed by atoms with van der Waals surface area (Å²) in [6.07, 6.45) is 0.925. The van der Waals surface area contributed by atoms with Crippen molar-refractivity contribution in [2.45, 2.75) is 19.8 Å². The van der Waals surface area contributed by atoms with Crippen LogP contribution in [0.3, 0.4) is 0 Å². The van der Waals surface area contributed by atoms with Crippen LogP contribution in [-0.4, -0.2) is 53.9 Å². The monoisotopic (exact) mass is 351 g/mol. The quantitative estimate of drug-likeness (QED) is 0.412. The topological polar surface area (TPSA) is 99.6 Å². The van der Waals surface area contributed by atoms with Gasteiger partial charge >= 0.3 is 0 Å². The van der Waals surface area contributed by atoms with Gasteiger partial charge in [-0.25, -0.2) is 15.4 Å². The fraction of sp³-hybridized carbons (Fsp3) is 0.533. The SMILES string of the molecule is Cc1nc(N2CCOCC2)c2sc(NCCCC(=O)NO)cc2n1. The average molecular weight is 351 g/mol. The van der Waals surface area contributed by atoms with Crippen LogP contribution in [0.5, 0.6) is 0 Å². The number of aromatic nitrogens is 2. The Balaban J connectivity index is 1.73. The third-order valence-corrected chi connectivity index (χ3v) is 4.86. The van der Waals surface area contributed by atoms with E-state index in [2.05, 4.69) is 20.2 Å². The number of hydrogen-bond donors (Lipinski definition) is 3. The molecule has 0 bridgehead atoms. The van der Waals surface area contributed by atoms with E-state index in [1.54, 1.807) is 16.8 Å². The number of hydroxylamine groups is 1. The largest absolute Gasteiger partial charge is 0.378 e. The summed E-state index contributed by atoms with van der Waals surface area (Å²) in [6, 6.07) is 2.02. The number of nitrogens with one attached hydrogen (secondary N) is 2. The van der Waals surface area contributed by atoms with Crippen molar-refractivity contribution >= 4 is 38.3 Å². The lowest BCUT2D eigenvalue weighted by Crippen LogP contribution is -2.36. The van der Waals surface area contributed by atoms with Crippen LogP contribution in [0, 0.1) is 6.92 Å². The molecular formula is C15H21N5O3S. The van der Waals surface area contributed by atoms with Crippen LogP contribution in [0.25, 0.3) is 10.2 Å². The van der Waals surface area contributed by atoms with Crippen LogP contribution in [0.4, 0.5) is 10.8 Å². The summed E-state index contributed by atoms with van der Waals surface area (Å²) in [5.41, 5.74) is 2.57. The lowest BCUT2D eigenvalue weighted by molar-refractivity contribution is -0.129. The van der Waals surface area contributed by atoms with Crippen LogP contribution in [0.2, 0.25) is 0 Å². The number of aryl methyl sites for hydroxylation is 1. The molecule has 1 saturated heterocycles. The summed E-state index contributed by atoms with van der Waals surface area (Å²) >= 11 is 1.62. The van der Waals surface area contributed by atoms with Crippen molar-refractivity contribution < 1.29 is 14.7 Å². The van der Waals surface area contributed by atoms with Crippen molar-refractivity contribution in [3.05, 3.63) is 11.9 Å². The van der Waals surface area contributed by atoms with Crippen molar-refractivity contribution in [2.24, 2.45) is 0 Å². The van der Waals surface area contributed by atoms with E-state index in [4.69, 9.17) is 9.94 Å². The van der Waals surface area contributed by atoms with Gasteiger partial charge in [0.1, 0.15) is 5.82 Å². The van der Waals surface area contributed by atoms with E-state index in [1.165, 1.54) is 0 Å². The van der Waals surface area contributed by atoms with E-state index < -0.39 is 0 Å². The number of fused-ring (bicyclic) bond motifs is 1. The number of carbonyl (C=O) groups excluding carboxylic acids is 1. The van der Waals surface area contributed by atoms with Gasteiger partial charge in [-0.1, -0.05) is 0 Å². The third-order valence-electron chi connectivity index (χ3n) is 3.78. The first kappa shape index (κ1) is 16.9. The Kier molecular flexibility index (Phi) is 5.44. The second-order valence-electron chi connectivity index (χ2n) is 5.58. The zero-order chi connectivity index (χ0) is 16.9. The first-order chi connectivity index (χ1) is 11.7. The molecule has 3 heterocycles. The van der Waals surface area contributed by atoms with Gasteiger partial charge in [-0.2, -0.15) is 0 Å². The predicted molar refractivity (Wildman–Crippen MR) is 92.8 cm³/mol. The molecule has 0 saturated carbocycles. The molecule has 1 aliphatic rings. The maximum Gasteiger partial charge on any atom is 0.243 e. The molecule has 2 aromatic heterocycles. The number of hydrogen-bond acceptors (Lipinski definition) is 8. The van der Waals surface area contributed by atoms with Crippen LogP contribution in [0.15, 0.2) is 6.07 Å². The first-order valence-corrected chi connectivity index (χ1v) is 8.76. The minimum atomic E-state index is -0.371. The lowest BCUT2D eigenvalue weighted by Gasteiger charge is -2.28. The van der Waals surface area contributed by atoms with Gasteiger partial charge in [0.25, 0.3) is 0 Å². The first-order valence-electron chi connectivity index (χ1n) is 7.95. The van der Waals surface area contributed by atoms with E-state index in [9.17, 15) is 4.79 Å². The maximum absolute atomic E-state index is 11.0. The fourth-order valence-electron chi connectivity index (χ4n) is 2.62. The Bertz CT molecular complexity index is 714. The summed E-state index contributed by atoms with van der Waals surface area (Å²) in [5.74, 6) is 1.36. The summed E-state index contributed by atoms with van der Waals surface area (Å²) in [6.45, 7) is 5.66. The number of anilines is 2. The van der Waals surface area contributed by atoms with E-state index in [0.29, 0.717) is 26.2 Å². The van der Waals surface area contributed by atoms with Crippen molar-refractivity contribution in [1.29, 1.82) is 0 Å². The Morgan fingerprint density at radius 2 is 2.21 bits per heavy atom. The van der Waals surface area contributed by atoms with Crippen molar-refractivity contribution in [1.82, 2.24) is 15.4 Å². The van der Waals surface area contributed by atoms with Gasteiger partial charge in [-0.15, -0.1) is 11.3 Å². The lowest BCUT2D eigenvalue weighted by atomic mass is 10.3. The highest BCUT2D eigenvalue weighted by molar-refractivity contribution is 7.23. The number of nitrogens with zero attached hydrogens (tertiary/aromatic N) is 3. The normalized spacial score (nSPS) is 14.8. The molecule has 8 nitrogen and oxygen atoms in total. The van der Waals surface area contributed by atoms with E-state index in [0.717, 1.165) is 39.9 Å². The van der Waals surface area contributed by atoms with Gasteiger partial charge in [-0.05, 0) is 19.4 Å². The van der Waals surface area contributed by atoms with Gasteiger partial charge in [0, 0.05) is 26.1 Å². The van der Waals surface area contributed by atoms with Crippen LogP contribution >= 0.6 is 11.3 Å². The molecule has 0 spiro atoms. The molecule has 2 aromatic rings. The highest BCUT2D eigenvalue weighted by Gasteiger charge is 2.18. The molecule has 130 valence electrons. The molecule has 24 heavy (non-hydrogen) atoms. The van der Waals surface area contributed by atoms with Gasteiger partial charge in [0.05, 0.1) is 28.4 Å². The van der Waals surface area contributed by atoms with Crippen molar-refractivity contribution in [3.63, 3.8) is 0 Å². The molecule has 0 aromatic carbocycles. The van der Waals surface area contributed by atoms with Gasteiger partial charge < -0.3 is 15.0 Å². The average Bonchev–Trinajstić information content (AvgIpc) is 3.01. The van der Waals surface area contributed by atoms with Gasteiger partial charge in [0.15, 0.2) is 5.82 Å². The summed E-state index contributed by atoms with van der Waals surface area (Å²) in [4.78, 5) is 22.4. The number of amides is 1. The molecular weight excluding hydrogens is 330 g/mol. The molecule has 3 N–H and O–H groups in total. The second kappa shape index (κ2) is 7.73. The molecule has 0 unspecified atom stereocenters. The standard InChI is InChI=1S/C15H21N5O3S/c1-10-17-11-9-13(16-4-2-3-12(21)19-22)24-14(11)15(18-10)20-5-7-23-8-6-20/h9,16,22H,2-8H2,1H3,(H,19,21). The minimum absolute atomic E-state index is 0.284. The number of thiophene rings is 1. The number of ether oxygens (including phenoxy) is 1. The van der Waals surface area contributed by atoms with E-state index in [-0.39, 0.29) is 12.3 Å². The molecule has 9 heteroatoms. The molecule has 0 atom stereocenters. The maximum atomic E-state index is 11.0. The van der Waals surface area contributed by atoms with E-state index >= 15 is 0 Å². The van der Waals surface area contributed by atoms with Crippen LogP contribution in [-0.2, 0) is 9.53 Å². The Labute approximate surface area is 143 Å². The fourth-order valence-corrected chi connectivity index (χ4v) is 3.66. The zero-order valence-corrected chi connectivity index (χ0v) is 14.4. The third kappa shape index (κ3) is 3.92. The number of carbonyl (C=O) groups is 1. The minimum Gasteiger partial charge on any atom is -0.378 e. The molecule has 0 radical (unpaired) electrons. The summed E-state index contributed by atoms with van der Waals surface area (Å²) < 4.78 is 6.49. The van der Waals surface area contributed by atoms with Crippen LogP contribution in [0.1, 0.15) is 18.7 Å². The Morgan fingerprint density at radius 1 is 1.42 bits per heavy atom. The molecule has 1 amide bonds. The van der Waals surface area contributed by atoms with Gasteiger partial charge in [-0.3, -0.25) is 10.0 Å². The molecule has 1 aliphatic heterocycles. The Hall–Kier alpha value is -1.97. The predicted octanol–water partition coefficient (Wildman–Crippen LogP) is 1.53. The number of rotatable bonds is 6. The second-order valence-corrected chi connectivity index (χ2v) is 6.64. The van der Waals surface area contributed by atoms with Crippen molar-refractivity contribution in [3.8, 4) is 0 Å². The highest BCUT2D eigenvalue weighted by atomic mass is 32.1. The van der Waals surface area contributed by atoms with E-state index in [1.807, 2.05) is 13.0 Å². The zero-order valence-electron chi connectivity index (χ0n) is 13.5. The smallest absolute Gasteiger partial charge is 0.243 e. The van der Waals surface area contributed by atoms with Crippen molar-refractivity contribution in [2.75, 3.05) is 43.1 Å². The molecule has 1 fully saturated rings. The molecule has 0 aliphatic carbocycles. The van der Waals surface area contributed by atoms with Crippen LogP contribution < -0.4 is 15.7 Å². The summed E-state index contributed by atoms with van der Waals surface area (Å²) in [5, 5.41) is 12.8. The number of morpholine rings is 1. The van der Waals surface area contributed by atoms with Gasteiger partial charge in [0.2, 0.25) is 5.91 Å². The highest BCUT2D eigenvalue weighted by Crippen LogP contribution is 2.35. The summed E-state index contributed by atoms with van der Waals surface area (Å²) in [7, 11) is 0. The molecule has 3 rings (SSSR count).